The summed E-state index contributed by atoms with van der Waals surface area (Å²) in [5.74, 6) is 0.374. The molecule has 0 radical (unpaired) electrons. The van der Waals surface area contributed by atoms with E-state index in [0.717, 1.165) is 35.5 Å². The summed E-state index contributed by atoms with van der Waals surface area (Å²) >= 11 is 0. The van der Waals surface area contributed by atoms with Crippen molar-refractivity contribution in [2.45, 2.75) is 44.4 Å². The smallest absolute Gasteiger partial charge is 0.194 e. The van der Waals surface area contributed by atoms with E-state index in [1.54, 1.807) is 6.07 Å². The summed E-state index contributed by atoms with van der Waals surface area (Å²) in [5, 5.41) is 11.0. The maximum atomic E-state index is 14.4. The summed E-state index contributed by atoms with van der Waals surface area (Å²) in [7, 11) is 1.44. The van der Waals surface area contributed by atoms with Gasteiger partial charge < -0.3 is 19.6 Å². The Morgan fingerprint density at radius 2 is 1.74 bits per heavy atom. The molecule has 35 heavy (non-hydrogen) atoms. The summed E-state index contributed by atoms with van der Waals surface area (Å²) < 4.78 is 19.6. The highest BCUT2D eigenvalue weighted by Gasteiger charge is 2.29. The molecule has 5 nitrogen and oxygen atoms in total. The molecule has 1 saturated carbocycles. The minimum Gasteiger partial charge on any atom is -0.502 e. The average molecular weight is 476 g/mol. The summed E-state index contributed by atoms with van der Waals surface area (Å²) in [6.07, 6.45) is 7.59. The lowest BCUT2D eigenvalue weighted by Gasteiger charge is -2.36. The van der Waals surface area contributed by atoms with Gasteiger partial charge in [-0.25, -0.2) is 4.39 Å². The largest absolute Gasteiger partial charge is 0.502 e. The van der Waals surface area contributed by atoms with Crippen LogP contribution in [0.15, 0.2) is 36.4 Å². The third-order valence-corrected chi connectivity index (χ3v) is 8.05. The Morgan fingerprint density at radius 1 is 0.971 bits per heavy atom. The van der Waals surface area contributed by atoms with Crippen LogP contribution in [-0.2, 0) is 0 Å². The van der Waals surface area contributed by atoms with Gasteiger partial charge in [0.1, 0.15) is 0 Å². The maximum Gasteiger partial charge on any atom is 0.194 e. The lowest BCUT2D eigenvalue weighted by molar-refractivity contribution is 0.249. The van der Waals surface area contributed by atoms with Crippen molar-refractivity contribution in [2.75, 3.05) is 44.7 Å². The van der Waals surface area contributed by atoms with Crippen molar-refractivity contribution in [1.82, 2.24) is 9.88 Å². The Bertz CT molecular complexity index is 1230. The second-order valence-electron chi connectivity index (χ2n) is 10.5. The monoisotopic (exact) mass is 475 g/mol. The Kier molecular flexibility index (Phi) is 6.01. The number of hydrogen-bond donors (Lipinski definition) is 1. The van der Waals surface area contributed by atoms with Gasteiger partial charge in [0.05, 0.1) is 12.6 Å². The number of rotatable bonds is 6. The number of piperidine rings is 1. The van der Waals surface area contributed by atoms with Gasteiger partial charge in [-0.2, -0.15) is 0 Å². The molecule has 2 saturated heterocycles. The van der Waals surface area contributed by atoms with Crippen LogP contribution in [0.1, 0.15) is 50.1 Å². The van der Waals surface area contributed by atoms with Gasteiger partial charge >= 0.3 is 0 Å². The Morgan fingerprint density at radius 3 is 2.46 bits per heavy atom. The fourth-order valence-corrected chi connectivity index (χ4v) is 5.84. The highest BCUT2D eigenvalue weighted by atomic mass is 19.1. The van der Waals surface area contributed by atoms with E-state index in [1.165, 1.54) is 82.7 Å². The van der Waals surface area contributed by atoms with Crippen LogP contribution in [0, 0.1) is 11.7 Å². The molecule has 0 spiro atoms. The average Bonchev–Trinajstić information content (AvgIpc) is 3.62. The zero-order valence-electron chi connectivity index (χ0n) is 20.5. The number of ether oxygens (including phenoxy) is 1. The van der Waals surface area contributed by atoms with Crippen molar-refractivity contribution >= 4 is 16.6 Å². The van der Waals surface area contributed by atoms with E-state index < -0.39 is 11.6 Å². The molecule has 3 heterocycles. The molecule has 3 aromatic rings. The van der Waals surface area contributed by atoms with Crippen LogP contribution in [0.3, 0.4) is 0 Å². The number of nitrogens with zero attached hydrogens (tertiary/aromatic N) is 3. The van der Waals surface area contributed by atoms with Crippen LogP contribution in [-0.4, -0.2) is 54.8 Å². The number of benzene rings is 2. The molecule has 3 fully saturated rings. The highest BCUT2D eigenvalue weighted by molar-refractivity contribution is 5.95. The summed E-state index contributed by atoms with van der Waals surface area (Å²) in [6.45, 7) is 5.91. The molecule has 3 aliphatic rings. The number of hydrogen-bond acceptors (Lipinski definition) is 5. The quantitative estimate of drug-likeness (QED) is 0.478. The molecule has 0 atom stereocenters. The van der Waals surface area contributed by atoms with E-state index in [4.69, 9.17) is 9.72 Å². The number of phenols is 1. The molecule has 1 N–H and O–H groups in total. The van der Waals surface area contributed by atoms with Crippen molar-refractivity contribution in [3.63, 3.8) is 0 Å². The number of aromatic hydroxyl groups is 1. The van der Waals surface area contributed by atoms with Crippen molar-refractivity contribution in [2.24, 2.45) is 5.92 Å². The number of halogens is 1. The molecule has 0 amide bonds. The van der Waals surface area contributed by atoms with E-state index in [0.29, 0.717) is 11.5 Å². The van der Waals surface area contributed by atoms with Gasteiger partial charge in [0, 0.05) is 42.3 Å². The maximum absolute atomic E-state index is 14.4. The Labute approximate surface area is 206 Å². The molecule has 6 rings (SSSR count). The molecule has 0 bridgehead atoms. The predicted molar refractivity (Wildman–Crippen MR) is 138 cm³/mol. The summed E-state index contributed by atoms with van der Waals surface area (Å²) in [5.41, 5.74) is 5.03. The van der Waals surface area contributed by atoms with Crippen molar-refractivity contribution in [3.8, 4) is 22.6 Å². The first-order valence-electron chi connectivity index (χ1n) is 13.1. The topological polar surface area (TPSA) is 48.8 Å². The lowest BCUT2D eigenvalue weighted by atomic mass is 9.94. The van der Waals surface area contributed by atoms with Gasteiger partial charge in [0.15, 0.2) is 17.3 Å². The van der Waals surface area contributed by atoms with Gasteiger partial charge in [-0.05, 0) is 99.0 Å². The van der Waals surface area contributed by atoms with Crippen LogP contribution in [0.2, 0.25) is 0 Å². The summed E-state index contributed by atoms with van der Waals surface area (Å²) in [4.78, 5) is 10.2. The van der Waals surface area contributed by atoms with Crippen molar-refractivity contribution in [1.29, 1.82) is 0 Å². The molecular weight excluding hydrogens is 441 g/mol. The van der Waals surface area contributed by atoms with E-state index in [-0.39, 0.29) is 5.75 Å². The first-order valence-corrected chi connectivity index (χ1v) is 13.1. The van der Waals surface area contributed by atoms with Crippen LogP contribution in [0.25, 0.3) is 22.0 Å². The molecule has 2 aliphatic heterocycles. The van der Waals surface area contributed by atoms with Gasteiger partial charge in [-0.15, -0.1) is 0 Å². The van der Waals surface area contributed by atoms with Crippen LogP contribution >= 0.6 is 0 Å². The molecule has 184 valence electrons. The number of methoxy groups -OCH3 is 1. The standard InChI is InChI=1S/C29H34FN3O2/c1-35-28-16-22(15-24(30)29(28)34)21-6-7-25-23(14-21)27(17-26(31-25)20-4-5-20)33-12-8-19(9-13-33)18-32-10-2-3-11-32/h6-7,14-17,19-20,34H,2-5,8-13,18H2,1H3. The number of pyridine rings is 1. The lowest BCUT2D eigenvalue weighted by Crippen LogP contribution is -2.38. The molecule has 1 aromatic heterocycles. The highest BCUT2D eigenvalue weighted by Crippen LogP contribution is 2.43. The number of anilines is 1. The normalized spacial score (nSPS) is 19.5. The van der Waals surface area contributed by atoms with E-state index in [9.17, 15) is 9.50 Å². The Hall–Kier alpha value is -2.86. The van der Waals surface area contributed by atoms with Crippen LogP contribution in [0.5, 0.6) is 11.5 Å². The third kappa shape index (κ3) is 4.56. The van der Waals surface area contributed by atoms with E-state index in [1.807, 2.05) is 6.07 Å². The third-order valence-electron chi connectivity index (χ3n) is 8.05. The van der Waals surface area contributed by atoms with Gasteiger partial charge in [-0.1, -0.05) is 6.07 Å². The number of aromatic nitrogens is 1. The van der Waals surface area contributed by atoms with E-state index >= 15 is 0 Å². The second-order valence-corrected chi connectivity index (χ2v) is 10.5. The van der Waals surface area contributed by atoms with Crippen LogP contribution in [0.4, 0.5) is 10.1 Å². The summed E-state index contributed by atoms with van der Waals surface area (Å²) in [6, 6.07) is 11.5. The van der Waals surface area contributed by atoms with Crippen molar-refractivity contribution < 1.29 is 14.2 Å². The fraction of sp³-hybridized carbons (Fsp3) is 0.483. The zero-order chi connectivity index (χ0) is 23.9. The molecule has 0 unspecified atom stereocenters. The first-order chi connectivity index (χ1) is 17.1. The van der Waals surface area contributed by atoms with E-state index in [2.05, 4.69) is 28.0 Å². The zero-order valence-corrected chi connectivity index (χ0v) is 20.5. The van der Waals surface area contributed by atoms with Gasteiger partial charge in [0.2, 0.25) is 0 Å². The molecule has 2 aromatic carbocycles. The molecular formula is C29H34FN3O2. The number of fused-ring (bicyclic) bond motifs is 1. The first kappa shape index (κ1) is 22.6. The van der Waals surface area contributed by atoms with Crippen LogP contribution < -0.4 is 9.64 Å². The minimum atomic E-state index is -0.679. The van der Waals surface area contributed by atoms with Gasteiger partial charge in [0.25, 0.3) is 0 Å². The molecule has 1 aliphatic carbocycles. The van der Waals surface area contributed by atoms with Crippen molar-refractivity contribution in [3.05, 3.63) is 47.9 Å². The minimum absolute atomic E-state index is 0.141. The fourth-order valence-electron chi connectivity index (χ4n) is 5.84. The Balaban J connectivity index is 1.33. The predicted octanol–water partition coefficient (Wildman–Crippen LogP) is 5.94. The van der Waals surface area contributed by atoms with Gasteiger partial charge in [-0.3, -0.25) is 4.98 Å². The SMILES string of the molecule is COc1cc(-c2ccc3nc(C4CC4)cc(N4CCC(CN5CCCC5)CC4)c3c2)cc(F)c1O. The second kappa shape index (κ2) is 9.30. The molecule has 6 heteroatoms. The number of likely N-dealkylation sites (tertiary alicyclic amines) is 1. The number of phenolic OH excluding ortho intramolecular Hbond substituents is 1.